The van der Waals surface area contributed by atoms with Crippen molar-refractivity contribution >= 4 is 45.6 Å². The molecule has 0 unspecified atom stereocenters. The zero-order valence-electron chi connectivity index (χ0n) is 8.48. The Labute approximate surface area is 116 Å². The van der Waals surface area contributed by atoms with E-state index in [4.69, 9.17) is 11.6 Å². The number of benzene rings is 2. The van der Waals surface area contributed by atoms with Gasteiger partial charge in [0.1, 0.15) is 0 Å². The summed E-state index contributed by atoms with van der Waals surface area (Å²) in [6, 6.07) is 9.23. The maximum Gasteiger partial charge on any atom is 0.182 e. The number of hydrogen-bond donors (Lipinski definition) is 1. The van der Waals surface area contributed by atoms with E-state index in [1.165, 1.54) is 12.1 Å². The van der Waals surface area contributed by atoms with Gasteiger partial charge in [-0.25, -0.2) is 8.78 Å². The van der Waals surface area contributed by atoms with E-state index in [9.17, 15) is 8.78 Å². The lowest BCUT2D eigenvalue weighted by molar-refractivity contribution is 0.512. The fourth-order valence-corrected chi connectivity index (χ4v) is 2.24. The van der Waals surface area contributed by atoms with Gasteiger partial charge in [0.15, 0.2) is 11.6 Å². The minimum absolute atomic E-state index is 0.0631. The monoisotopic (exact) mass is 365 g/mol. The first-order valence-electron chi connectivity index (χ1n) is 4.74. The van der Waals surface area contributed by atoms with Gasteiger partial charge in [-0.2, -0.15) is 0 Å². The van der Waals surface area contributed by atoms with Crippen molar-refractivity contribution in [3.63, 3.8) is 0 Å². The number of rotatable bonds is 2. The summed E-state index contributed by atoms with van der Waals surface area (Å²) in [5, 5.41) is 3.22. The van der Waals surface area contributed by atoms with Gasteiger partial charge in [0.05, 0.1) is 16.4 Å². The Kier molecular flexibility index (Phi) is 3.83. The van der Waals surface area contributed by atoms with Gasteiger partial charge in [-0.05, 0) is 52.9 Å². The maximum absolute atomic E-state index is 13.4. The highest BCUT2D eigenvalue weighted by Crippen LogP contribution is 2.28. The molecule has 0 amide bonds. The Morgan fingerprint density at radius 1 is 1.06 bits per heavy atom. The molecule has 0 atom stereocenters. The van der Waals surface area contributed by atoms with Crippen molar-refractivity contribution in [2.75, 3.05) is 5.32 Å². The molecular formula is C12H7ClF2IN. The SMILES string of the molecule is Fc1cccc(Nc2ccc(I)cc2Cl)c1F. The lowest BCUT2D eigenvalue weighted by Gasteiger charge is -2.09. The van der Waals surface area contributed by atoms with Crippen molar-refractivity contribution in [1.29, 1.82) is 0 Å². The van der Waals surface area contributed by atoms with Crippen molar-refractivity contribution in [1.82, 2.24) is 0 Å². The van der Waals surface area contributed by atoms with Crippen LogP contribution in [0.5, 0.6) is 0 Å². The second kappa shape index (κ2) is 5.18. The van der Waals surface area contributed by atoms with E-state index in [1.54, 1.807) is 12.1 Å². The molecule has 1 N–H and O–H groups in total. The van der Waals surface area contributed by atoms with Crippen molar-refractivity contribution < 1.29 is 8.78 Å². The predicted octanol–water partition coefficient (Wildman–Crippen LogP) is 4.97. The largest absolute Gasteiger partial charge is 0.352 e. The van der Waals surface area contributed by atoms with Crippen molar-refractivity contribution in [2.45, 2.75) is 0 Å². The molecule has 5 heteroatoms. The zero-order valence-corrected chi connectivity index (χ0v) is 11.4. The molecule has 1 nitrogen and oxygen atoms in total. The molecule has 0 radical (unpaired) electrons. The molecule has 0 aliphatic heterocycles. The van der Waals surface area contributed by atoms with Crippen molar-refractivity contribution in [3.05, 3.63) is 56.6 Å². The van der Waals surface area contributed by atoms with Crippen LogP contribution in [0.3, 0.4) is 0 Å². The van der Waals surface area contributed by atoms with Gasteiger partial charge in [-0.3, -0.25) is 0 Å². The molecule has 2 rings (SSSR count). The van der Waals surface area contributed by atoms with Gasteiger partial charge in [-0.1, -0.05) is 17.7 Å². The molecule has 0 spiro atoms. The van der Waals surface area contributed by atoms with Crippen LogP contribution in [0.15, 0.2) is 36.4 Å². The van der Waals surface area contributed by atoms with E-state index in [1.807, 2.05) is 6.07 Å². The first-order chi connectivity index (χ1) is 8.08. The van der Waals surface area contributed by atoms with Crippen molar-refractivity contribution in [2.24, 2.45) is 0 Å². The summed E-state index contributed by atoms with van der Waals surface area (Å²) in [5.41, 5.74) is 0.602. The highest BCUT2D eigenvalue weighted by atomic mass is 127. The maximum atomic E-state index is 13.4. The highest BCUT2D eigenvalue weighted by molar-refractivity contribution is 14.1. The fraction of sp³-hybridized carbons (Fsp3) is 0. The molecule has 0 fully saturated rings. The summed E-state index contributed by atoms with van der Waals surface area (Å²) in [4.78, 5) is 0. The predicted molar refractivity (Wildman–Crippen MR) is 73.8 cm³/mol. The van der Waals surface area contributed by atoms with Crippen LogP contribution in [0.4, 0.5) is 20.2 Å². The molecule has 0 saturated heterocycles. The normalized spacial score (nSPS) is 10.4. The first kappa shape index (κ1) is 12.6. The molecule has 0 aromatic heterocycles. The Balaban J connectivity index is 2.35. The van der Waals surface area contributed by atoms with Crippen LogP contribution >= 0.6 is 34.2 Å². The lowest BCUT2D eigenvalue weighted by atomic mass is 10.2. The molecule has 2 aromatic rings. The van der Waals surface area contributed by atoms with Gasteiger partial charge in [0, 0.05) is 3.57 Å². The Morgan fingerprint density at radius 3 is 2.53 bits per heavy atom. The van der Waals surface area contributed by atoms with Crippen LogP contribution in [-0.4, -0.2) is 0 Å². The molecule has 0 aliphatic rings. The second-order valence-electron chi connectivity index (χ2n) is 3.35. The molecule has 0 saturated carbocycles. The molecular weight excluding hydrogens is 358 g/mol. The second-order valence-corrected chi connectivity index (χ2v) is 5.00. The molecule has 2 aromatic carbocycles. The average Bonchev–Trinajstić information content (AvgIpc) is 2.28. The van der Waals surface area contributed by atoms with E-state index in [0.29, 0.717) is 10.7 Å². The number of nitrogens with one attached hydrogen (secondary N) is 1. The molecule has 0 bridgehead atoms. The van der Waals surface area contributed by atoms with Gasteiger partial charge < -0.3 is 5.32 Å². The smallest absolute Gasteiger partial charge is 0.182 e. The molecule has 88 valence electrons. The zero-order chi connectivity index (χ0) is 12.4. The summed E-state index contributed by atoms with van der Waals surface area (Å²) in [5.74, 6) is -1.81. The minimum atomic E-state index is -0.915. The summed E-state index contributed by atoms with van der Waals surface area (Å²) in [6.07, 6.45) is 0. The van der Waals surface area contributed by atoms with Crippen molar-refractivity contribution in [3.8, 4) is 0 Å². The summed E-state index contributed by atoms with van der Waals surface area (Å²) in [7, 11) is 0. The topological polar surface area (TPSA) is 12.0 Å². The average molecular weight is 366 g/mol. The fourth-order valence-electron chi connectivity index (χ4n) is 1.34. The van der Waals surface area contributed by atoms with E-state index in [2.05, 4.69) is 27.9 Å². The van der Waals surface area contributed by atoms with E-state index >= 15 is 0 Å². The van der Waals surface area contributed by atoms with Crippen LogP contribution in [0, 0.1) is 15.2 Å². The number of halogens is 4. The van der Waals surface area contributed by atoms with Crippen LogP contribution < -0.4 is 5.32 Å². The molecule has 0 heterocycles. The lowest BCUT2D eigenvalue weighted by Crippen LogP contribution is -1.96. The molecule has 0 aliphatic carbocycles. The van der Waals surface area contributed by atoms with Crippen LogP contribution in [0.1, 0.15) is 0 Å². The summed E-state index contributed by atoms with van der Waals surface area (Å²) in [6.45, 7) is 0. The quantitative estimate of drug-likeness (QED) is 0.741. The summed E-state index contributed by atoms with van der Waals surface area (Å²) >= 11 is 8.11. The highest BCUT2D eigenvalue weighted by Gasteiger charge is 2.09. The summed E-state index contributed by atoms with van der Waals surface area (Å²) < 4.78 is 27.4. The number of hydrogen-bond acceptors (Lipinski definition) is 1. The Hall–Kier alpha value is -0.880. The third kappa shape index (κ3) is 2.87. The third-order valence-electron chi connectivity index (χ3n) is 2.15. The van der Waals surface area contributed by atoms with Gasteiger partial charge in [0.2, 0.25) is 0 Å². The standard InChI is InChI=1S/C12H7ClF2IN/c13-8-6-7(16)4-5-10(8)17-11-3-1-2-9(14)12(11)15/h1-6,17H. The Morgan fingerprint density at radius 2 is 1.82 bits per heavy atom. The van der Waals surface area contributed by atoms with Gasteiger partial charge >= 0.3 is 0 Å². The van der Waals surface area contributed by atoms with E-state index in [-0.39, 0.29) is 5.69 Å². The van der Waals surface area contributed by atoms with E-state index < -0.39 is 11.6 Å². The van der Waals surface area contributed by atoms with Crippen LogP contribution in [0.25, 0.3) is 0 Å². The van der Waals surface area contributed by atoms with Crippen LogP contribution in [0.2, 0.25) is 5.02 Å². The third-order valence-corrected chi connectivity index (χ3v) is 3.14. The first-order valence-corrected chi connectivity index (χ1v) is 6.19. The minimum Gasteiger partial charge on any atom is -0.352 e. The van der Waals surface area contributed by atoms with E-state index in [0.717, 1.165) is 9.64 Å². The van der Waals surface area contributed by atoms with Gasteiger partial charge in [-0.15, -0.1) is 0 Å². The van der Waals surface area contributed by atoms with Crippen LogP contribution in [-0.2, 0) is 0 Å². The number of anilines is 2. The Bertz CT molecular complexity index is 560. The van der Waals surface area contributed by atoms with Gasteiger partial charge in [0.25, 0.3) is 0 Å². The molecule has 17 heavy (non-hydrogen) atoms.